The highest BCUT2D eigenvalue weighted by Gasteiger charge is 2.45. The highest BCUT2D eigenvalue weighted by molar-refractivity contribution is 6.01. The number of carbonyl (C=O) groups excluding carboxylic acids is 3. The first kappa shape index (κ1) is 23.9. The topological polar surface area (TPSA) is 100 Å². The van der Waals surface area contributed by atoms with Crippen LogP contribution in [0.25, 0.3) is 10.9 Å². The Labute approximate surface area is 186 Å². The number of ketones is 1. The van der Waals surface area contributed by atoms with Gasteiger partial charge in [-0.05, 0) is 38.5 Å². The van der Waals surface area contributed by atoms with Gasteiger partial charge >= 0.3 is 18.1 Å². The zero-order valence-electron chi connectivity index (χ0n) is 18.0. The van der Waals surface area contributed by atoms with E-state index in [1.165, 1.54) is 20.0 Å². The zero-order chi connectivity index (χ0) is 24.3. The van der Waals surface area contributed by atoms with E-state index in [2.05, 4.69) is 14.8 Å². The van der Waals surface area contributed by atoms with Crippen molar-refractivity contribution in [2.24, 2.45) is 0 Å². The number of esters is 2. The van der Waals surface area contributed by atoms with Gasteiger partial charge in [0.2, 0.25) is 0 Å². The maximum Gasteiger partial charge on any atom is 0.421 e. The van der Waals surface area contributed by atoms with Gasteiger partial charge in [-0.1, -0.05) is 12.1 Å². The summed E-state index contributed by atoms with van der Waals surface area (Å²) in [5, 5.41) is 4.32. The smallest absolute Gasteiger partial charge is 0.421 e. The number of hydrogen-bond donors (Lipinski definition) is 0. The van der Waals surface area contributed by atoms with Crippen LogP contribution in [0.3, 0.4) is 0 Å². The quantitative estimate of drug-likeness (QED) is 0.386. The van der Waals surface area contributed by atoms with E-state index in [4.69, 9.17) is 4.74 Å². The average molecular weight is 463 g/mol. The number of ether oxygens (including phenoxy) is 2. The van der Waals surface area contributed by atoms with Crippen molar-refractivity contribution in [2.45, 2.75) is 33.5 Å². The zero-order valence-corrected chi connectivity index (χ0v) is 18.0. The summed E-state index contributed by atoms with van der Waals surface area (Å²) in [4.78, 5) is 41.7. The molecule has 3 rings (SSSR count). The molecule has 3 aromatic rings. The molecule has 11 heteroatoms. The Hall–Kier alpha value is -3.76. The van der Waals surface area contributed by atoms with Crippen LogP contribution in [0.1, 0.15) is 56.3 Å². The molecule has 0 fully saturated rings. The summed E-state index contributed by atoms with van der Waals surface area (Å²) in [5.74, 6) is -3.40. The molecule has 0 spiro atoms. The number of aromatic nitrogens is 3. The molecule has 0 saturated carbocycles. The number of Topliss-reactive ketones (excluding diaryl/α,β-unsaturated/α-hetero) is 1. The molecule has 0 aliphatic rings. The monoisotopic (exact) mass is 463 g/mol. The molecule has 0 atom stereocenters. The number of pyridine rings is 1. The minimum Gasteiger partial charge on any atom is -0.461 e. The lowest BCUT2D eigenvalue weighted by atomic mass is 10.1. The fourth-order valence-electron chi connectivity index (χ4n) is 3.27. The van der Waals surface area contributed by atoms with Crippen LogP contribution in [0.15, 0.2) is 30.5 Å². The van der Waals surface area contributed by atoms with Gasteiger partial charge in [-0.2, -0.15) is 18.3 Å². The highest BCUT2D eigenvalue weighted by atomic mass is 19.4. The lowest BCUT2D eigenvalue weighted by Crippen LogP contribution is -2.22. The highest BCUT2D eigenvalue weighted by Crippen LogP contribution is 2.35. The summed E-state index contributed by atoms with van der Waals surface area (Å²) in [6.07, 6.45) is -3.85. The van der Waals surface area contributed by atoms with Crippen molar-refractivity contribution in [1.82, 2.24) is 14.8 Å². The second-order valence-corrected chi connectivity index (χ2v) is 6.96. The maximum atomic E-state index is 13.8. The molecule has 0 N–H and O–H groups in total. The molecule has 0 bridgehead atoms. The van der Waals surface area contributed by atoms with Crippen LogP contribution in [0, 0.1) is 6.92 Å². The molecule has 0 amide bonds. The standard InChI is InChI=1S/C22H20F3N3O5/c1-4-32-20(30)18-17(22(23,24)25)19(21(31)33-5-2)28(27-18)11-16(29)13-9-14-12(3)7-6-8-15(14)26-10-13/h6-10H,4-5,11H2,1-3H3. The second-order valence-electron chi connectivity index (χ2n) is 6.96. The third kappa shape index (κ3) is 4.86. The Balaban J connectivity index is 2.11. The Morgan fingerprint density at radius 2 is 1.73 bits per heavy atom. The van der Waals surface area contributed by atoms with Crippen molar-refractivity contribution in [3.05, 3.63) is 58.5 Å². The molecule has 33 heavy (non-hydrogen) atoms. The Morgan fingerprint density at radius 3 is 2.36 bits per heavy atom. The third-order valence-corrected chi connectivity index (χ3v) is 4.73. The molecule has 0 aliphatic heterocycles. The van der Waals surface area contributed by atoms with Crippen molar-refractivity contribution >= 4 is 28.6 Å². The number of benzene rings is 1. The van der Waals surface area contributed by atoms with Crippen LogP contribution in [0.4, 0.5) is 13.2 Å². The number of rotatable bonds is 7. The number of carbonyl (C=O) groups is 3. The van der Waals surface area contributed by atoms with Crippen molar-refractivity contribution in [2.75, 3.05) is 13.2 Å². The Bertz CT molecular complexity index is 1230. The molecule has 0 radical (unpaired) electrons. The first-order valence-corrected chi connectivity index (χ1v) is 9.99. The van der Waals surface area contributed by atoms with Gasteiger partial charge in [0.25, 0.3) is 0 Å². The molecular formula is C22H20F3N3O5. The third-order valence-electron chi connectivity index (χ3n) is 4.73. The maximum absolute atomic E-state index is 13.8. The number of hydrogen-bond acceptors (Lipinski definition) is 7. The minimum absolute atomic E-state index is 0.105. The molecule has 8 nitrogen and oxygen atoms in total. The fraction of sp³-hybridized carbons (Fsp3) is 0.318. The van der Waals surface area contributed by atoms with E-state index in [1.54, 1.807) is 18.2 Å². The van der Waals surface area contributed by atoms with Gasteiger partial charge in [0, 0.05) is 17.1 Å². The molecule has 1 aromatic carbocycles. The lowest BCUT2D eigenvalue weighted by molar-refractivity contribution is -0.138. The summed E-state index contributed by atoms with van der Waals surface area (Å²) >= 11 is 0. The van der Waals surface area contributed by atoms with Gasteiger partial charge in [-0.25, -0.2) is 14.3 Å². The van der Waals surface area contributed by atoms with Gasteiger partial charge in [0.05, 0.1) is 18.7 Å². The molecule has 2 aromatic heterocycles. The van der Waals surface area contributed by atoms with Crippen LogP contribution in [0.2, 0.25) is 0 Å². The van der Waals surface area contributed by atoms with Gasteiger partial charge in [-0.3, -0.25) is 9.78 Å². The summed E-state index contributed by atoms with van der Waals surface area (Å²) in [5.41, 5.74) is -2.18. The Kier molecular flexibility index (Phi) is 6.80. The van der Waals surface area contributed by atoms with Crippen LogP contribution in [-0.2, 0) is 22.2 Å². The van der Waals surface area contributed by atoms with E-state index >= 15 is 0 Å². The first-order chi connectivity index (χ1) is 15.6. The Morgan fingerprint density at radius 1 is 1.06 bits per heavy atom. The van der Waals surface area contributed by atoms with E-state index < -0.39 is 47.4 Å². The molecule has 174 valence electrons. The van der Waals surface area contributed by atoms with Crippen molar-refractivity contribution < 1.29 is 37.0 Å². The van der Waals surface area contributed by atoms with E-state index in [1.807, 2.05) is 13.0 Å². The van der Waals surface area contributed by atoms with Gasteiger partial charge in [0.1, 0.15) is 12.1 Å². The number of nitrogens with zero attached hydrogens (tertiary/aromatic N) is 3. The van der Waals surface area contributed by atoms with Crippen LogP contribution < -0.4 is 0 Å². The van der Waals surface area contributed by atoms with Crippen LogP contribution in [-0.4, -0.2) is 45.7 Å². The summed E-state index contributed by atoms with van der Waals surface area (Å²) in [6.45, 7) is 3.46. The van der Waals surface area contributed by atoms with Gasteiger partial charge < -0.3 is 9.47 Å². The molecular weight excluding hydrogens is 443 g/mol. The number of aryl methyl sites for hydroxylation is 1. The summed E-state index contributed by atoms with van der Waals surface area (Å²) < 4.78 is 51.4. The van der Waals surface area contributed by atoms with Gasteiger partial charge in [-0.15, -0.1) is 0 Å². The van der Waals surface area contributed by atoms with E-state index in [9.17, 15) is 27.6 Å². The van der Waals surface area contributed by atoms with Crippen molar-refractivity contribution in [3.8, 4) is 0 Å². The molecule has 2 heterocycles. The summed E-state index contributed by atoms with van der Waals surface area (Å²) in [7, 11) is 0. The fourth-order valence-corrected chi connectivity index (χ4v) is 3.27. The number of halogens is 3. The predicted octanol–water partition coefficient (Wildman–Crippen LogP) is 3.99. The van der Waals surface area contributed by atoms with Gasteiger partial charge in [0.15, 0.2) is 17.2 Å². The number of fused-ring (bicyclic) bond motifs is 1. The van der Waals surface area contributed by atoms with Crippen LogP contribution in [0.5, 0.6) is 0 Å². The minimum atomic E-state index is -5.13. The lowest BCUT2D eigenvalue weighted by Gasteiger charge is -2.11. The van der Waals surface area contributed by atoms with E-state index in [-0.39, 0.29) is 18.8 Å². The molecule has 0 saturated heterocycles. The second kappa shape index (κ2) is 9.39. The SMILES string of the molecule is CCOC(=O)c1nn(CC(=O)c2cnc3cccc(C)c3c2)c(C(=O)OCC)c1C(F)(F)F. The normalized spacial score (nSPS) is 11.5. The first-order valence-electron chi connectivity index (χ1n) is 9.99. The van der Waals surface area contributed by atoms with Crippen molar-refractivity contribution in [3.63, 3.8) is 0 Å². The largest absolute Gasteiger partial charge is 0.461 e. The molecule has 0 aliphatic carbocycles. The summed E-state index contributed by atoms with van der Waals surface area (Å²) in [6, 6.07) is 6.94. The van der Waals surface area contributed by atoms with Crippen molar-refractivity contribution in [1.29, 1.82) is 0 Å². The van der Waals surface area contributed by atoms with E-state index in [0.717, 1.165) is 5.56 Å². The molecule has 0 unspecified atom stereocenters. The van der Waals surface area contributed by atoms with Crippen LogP contribution >= 0.6 is 0 Å². The van der Waals surface area contributed by atoms with E-state index in [0.29, 0.717) is 15.6 Å². The predicted molar refractivity (Wildman–Crippen MR) is 110 cm³/mol. The number of alkyl halides is 3. The average Bonchev–Trinajstić information content (AvgIpc) is 3.14.